The van der Waals surface area contributed by atoms with Gasteiger partial charge >= 0.3 is 0 Å². The van der Waals surface area contributed by atoms with Crippen molar-refractivity contribution in [2.24, 2.45) is 5.73 Å². The van der Waals surface area contributed by atoms with E-state index in [9.17, 15) is 4.79 Å². The Kier molecular flexibility index (Phi) is 4.66. The Morgan fingerprint density at radius 3 is 2.89 bits per heavy atom. The first kappa shape index (κ1) is 14.2. The fraction of sp³-hybridized carbons (Fsp3) is 0.500. The molecule has 1 amide bonds. The molecule has 19 heavy (non-hydrogen) atoms. The van der Waals surface area contributed by atoms with Crippen LogP contribution in [0.5, 0.6) is 5.75 Å². The lowest BCUT2D eigenvalue weighted by Gasteiger charge is -2.11. The number of ether oxygens (including phenoxy) is 1. The van der Waals surface area contributed by atoms with Gasteiger partial charge in [0.2, 0.25) is 5.91 Å². The molecule has 104 valence electrons. The van der Waals surface area contributed by atoms with E-state index in [4.69, 9.17) is 22.1 Å². The van der Waals surface area contributed by atoms with Crippen molar-refractivity contribution in [2.45, 2.75) is 38.3 Å². The number of hydrogen-bond acceptors (Lipinski definition) is 3. The predicted molar refractivity (Wildman–Crippen MR) is 75.3 cm³/mol. The number of halogens is 1. The van der Waals surface area contributed by atoms with E-state index in [1.165, 1.54) is 0 Å². The average molecular weight is 283 g/mol. The summed E-state index contributed by atoms with van der Waals surface area (Å²) in [7, 11) is 0. The summed E-state index contributed by atoms with van der Waals surface area (Å²) < 4.78 is 5.51. The van der Waals surface area contributed by atoms with E-state index < -0.39 is 0 Å². The summed E-state index contributed by atoms with van der Waals surface area (Å²) in [5.41, 5.74) is 6.73. The maximum atomic E-state index is 11.5. The lowest BCUT2D eigenvalue weighted by Crippen LogP contribution is -2.26. The van der Waals surface area contributed by atoms with E-state index in [1.54, 1.807) is 12.1 Å². The van der Waals surface area contributed by atoms with Crippen molar-refractivity contribution in [3.05, 3.63) is 28.8 Å². The van der Waals surface area contributed by atoms with Crippen LogP contribution in [0.4, 0.5) is 0 Å². The van der Waals surface area contributed by atoms with E-state index in [0.29, 0.717) is 29.8 Å². The zero-order valence-corrected chi connectivity index (χ0v) is 11.7. The minimum absolute atomic E-state index is 0.0332. The van der Waals surface area contributed by atoms with Gasteiger partial charge in [0, 0.05) is 12.1 Å². The summed E-state index contributed by atoms with van der Waals surface area (Å²) in [5, 5.41) is 3.44. The maximum absolute atomic E-state index is 11.5. The third-order valence-electron chi connectivity index (χ3n) is 3.01. The smallest absolute Gasteiger partial charge is 0.223 e. The van der Waals surface area contributed by atoms with Gasteiger partial charge in [-0.2, -0.15) is 0 Å². The first-order valence-corrected chi connectivity index (χ1v) is 6.91. The highest BCUT2D eigenvalue weighted by atomic mass is 35.5. The molecular weight excluding hydrogens is 264 g/mol. The standard InChI is InChI=1S/C14H19ClN2O2/c1-9(16)10-2-5-13(12(15)8-10)19-7-6-14(18)17-11-3-4-11/h2,5,8-9,11H,3-4,6-7,16H2,1H3,(H,17,18). The molecular formula is C14H19ClN2O2. The predicted octanol–water partition coefficient (Wildman–Crippen LogP) is 2.41. The van der Waals surface area contributed by atoms with E-state index >= 15 is 0 Å². The zero-order chi connectivity index (χ0) is 13.8. The Bertz CT molecular complexity index is 459. The lowest BCUT2D eigenvalue weighted by molar-refractivity contribution is -0.121. The second kappa shape index (κ2) is 6.26. The largest absolute Gasteiger partial charge is 0.491 e. The molecule has 0 radical (unpaired) electrons. The second-order valence-electron chi connectivity index (χ2n) is 4.92. The van der Waals surface area contributed by atoms with Crippen LogP contribution in [0.1, 0.15) is 37.8 Å². The molecule has 0 heterocycles. The Hall–Kier alpha value is -1.26. The highest BCUT2D eigenvalue weighted by Gasteiger charge is 2.22. The number of amides is 1. The molecule has 0 aliphatic heterocycles. The van der Waals surface area contributed by atoms with Crippen LogP contribution in [-0.4, -0.2) is 18.6 Å². The number of nitrogens with two attached hydrogens (primary N) is 1. The number of nitrogens with one attached hydrogen (secondary N) is 1. The quantitative estimate of drug-likeness (QED) is 0.842. The molecule has 1 aromatic rings. The molecule has 1 aliphatic carbocycles. The molecule has 0 spiro atoms. The van der Waals surface area contributed by atoms with E-state index in [-0.39, 0.29) is 11.9 Å². The van der Waals surface area contributed by atoms with Gasteiger partial charge < -0.3 is 15.8 Å². The number of benzene rings is 1. The summed E-state index contributed by atoms with van der Waals surface area (Å²) in [6, 6.07) is 5.80. The molecule has 1 atom stereocenters. The van der Waals surface area contributed by atoms with Gasteiger partial charge in [0.1, 0.15) is 5.75 Å². The molecule has 0 aromatic heterocycles. The van der Waals surface area contributed by atoms with Gasteiger partial charge in [0.05, 0.1) is 18.1 Å². The maximum Gasteiger partial charge on any atom is 0.223 e. The van der Waals surface area contributed by atoms with Crippen molar-refractivity contribution in [1.82, 2.24) is 5.32 Å². The van der Waals surface area contributed by atoms with Gasteiger partial charge in [-0.3, -0.25) is 4.79 Å². The molecule has 2 rings (SSSR count). The van der Waals surface area contributed by atoms with E-state index in [1.807, 2.05) is 13.0 Å². The van der Waals surface area contributed by atoms with Crippen molar-refractivity contribution >= 4 is 17.5 Å². The van der Waals surface area contributed by atoms with Crippen LogP contribution in [0.15, 0.2) is 18.2 Å². The summed E-state index contributed by atoms with van der Waals surface area (Å²) in [6.45, 7) is 2.23. The van der Waals surface area contributed by atoms with Crippen LogP contribution in [0.25, 0.3) is 0 Å². The minimum Gasteiger partial charge on any atom is -0.491 e. The molecule has 0 bridgehead atoms. The highest BCUT2D eigenvalue weighted by Crippen LogP contribution is 2.27. The Morgan fingerprint density at radius 2 is 2.32 bits per heavy atom. The van der Waals surface area contributed by atoms with Crippen molar-refractivity contribution in [3.8, 4) is 5.75 Å². The van der Waals surface area contributed by atoms with Gasteiger partial charge in [0.25, 0.3) is 0 Å². The molecule has 1 aromatic carbocycles. The van der Waals surface area contributed by atoms with Crippen molar-refractivity contribution < 1.29 is 9.53 Å². The summed E-state index contributed by atoms with van der Waals surface area (Å²) in [5.74, 6) is 0.621. The third-order valence-corrected chi connectivity index (χ3v) is 3.31. The monoisotopic (exact) mass is 282 g/mol. The second-order valence-corrected chi connectivity index (χ2v) is 5.33. The van der Waals surface area contributed by atoms with Gasteiger partial charge in [-0.15, -0.1) is 0 Å². The summed E-state index contributed by atoms with van der Waals surface area (Å²) in [4.78, 5) is 11.5. The summed E-state index contributed by atoms with van der Waals surface area (Å²) >= 11 is 6.10. The molecule has 1 aliphatic rings. The molecule has 5 heteroatoms. The number of hydrogen-bond donors (Lipinski definition) is 2. The molecule has 4 nitrogen and oxygen atoms in total. The molecule has 3 N–H and O–H groups in total. The SMILES string of the molecule is CC(N)c1ccc(OCCC(=O)NC2CC2)c(Cl)c1. The number of carbonyl (C=O) groups excluding carboxylic acids is 1. The molecule has 0 saturated heterocycles. The number of rotatable bonds is 6. The van der Waals surface area contributed by atoms with Crippen LogP contribution < -0.4 is 15.8 Å². The van der Waals surface area contributed by atoms with Crippen molar-refractivity contribution in [2.75, 3.05) is 6.61 Å². The van der Waals surface area contributed by atoms with Crippen molar-refractivity contribution in [3.63, 3.8) is 0 Å². The molecule has 1 fully saturated rings. The summed E-state index contributed by atoms with van der Waals surface area (Å²) in [6.07, 6.45) is 2.54. The Labute approximate surface area is 118 Å². The molecule has 1 unspecified atom stereocenters. The van der Waals surface area contributed by atoms with Crippen LogP contribution in [0, 0.1) is 0 Å². The average Bonchev–Trinajstić information content (AvgIpc) is 3.14. The first-order chi connectivity index (χ1) is 9.06. The third kappa shape index (κ3) is 4.40. The van der Waals surface area contributed by atoms with Gasteiger partial charge in [-0.1, -0.05) is 17.7 Å². The van der Waals surface area contributed by atoms with Gasteiger partial charge in [0.15, 0.2) is 0 Å². The fourth-order valence-corrected chi connectivity index (χ4v) is 1.94. The van der Waals surface area contributed by atoms with Crippen LogP contribution in [0.3, 0.4) is 0 Å². The highest BCUT2D eigenvalue weighted by molar-refractivity contribution is 6.32. The van der Waals surface area contributed by atoms with Crippen LogP contribution in [0.2, 0.25) is 5.02 Å². The molecule has 1 saturated carbocycles. The topological polar surface area (TPSA) is 64.3 Å². The van der Waals surface area contributed by atoms with Gasteiger partial charge in [-0.05, 0) is 37.5 Å². The first-order valence-electron chi connectivity index (χ1n) is 6.53. The number of carbonyl (C=O) groups is 1. The van der Waals surface area contributed by atoms with Crippen LogP contribution >= 0.6 is 11.6 Å². The van der Waals surface area contributed by atoms with E-state index in [0.717, 1.165) is 18.4 Å². The van der Waals surface area contributed by atoms with Gasteiger partial charge in [-0.25, -0.2) is 0 Å². The normalized spacial score (nSPS) is 15.9. The Balaban J connectivity index is 1.80. The van der Waals surface area contributed by atoms with Crippen molar-refractivity contribution in [1.29, 1.82) is 0 Å². The van der Waals surface area contributed by atoms with Crippen LogP contribution in [-0.2, 0) is 4.79 Å². The zero-order valence-electron chi connectivity index (χ0n) is 11.0. The Morgan fingerprint density at radius 1 is 1.58 bits per heavy atom. The fourth-order valence-electron chi connectivity index (χ4n) is 1.70. The minimum atomic E-state index is -0.0594. The lowest BCUT2D eigenvalue weighted by atomic mass is 10.1. The van der Waals surface area contributed by atoms with E-state index in [2.05, 4.69) is 5.32 Å².